The molecule has 0 bridgehead atoms. The molecule has 0 aromatic heterocycles. The molecule has 16 heavy (non-hydrogen) atoms. The molecule has 1 heterocycles. The first-order valence-electron chi connectivity index (χ1n) is 4.98. The van der Waals surface area contributed by atoms with Gasteiger partial charge in [0.1, 0.15) is 5.69 Å². The zero-order chi connectivity index (χ0) is 11.7. The van der Waals surface area contributed by atoms with Crippen LogP contribution in [0.25, 0.3) is 0 Å². The highest BCUT2D eigenvalue weighted by molar-refractivity contribution is 6.42. The largest absolute Gasteiger partial charge is 0.366 e. The van der Waals surface area contributed by atoms with E-state index in [9.17, 15) is 10.1 Å². The van der Waals surface area contributed by atoms with E-state index in [1.807, 2.05) is 4.90 Å². The van der Waals surface area contributed by atoms with Crippen LogP contribution < -0.4 is 4.90 Å². The normalized spacial score (nSPS) is 15.5. The summed E-state index contributed by atoms with van der Waals surface area (Å²) in [6.45, 7) is 1.66. The van der Waals surface area contributed by atoms with Gasteiger partial charge in [-0.25, -0.2) is 0 Å². The lowest BCUT2D eigenvalue weighted by Crippen LogP contribution is -2.18. The van der Waals surface area contributed by atoms with E-state index in [0.717, 1.165) is 25.9 Å². The summed E-state index contributed by atoms with van der Waals surface area (Å²) in [5.41, 5.74) is 0.591. The lowest BCUT2D eigenvalue weighted by Gasteiger charge is -2.17. The van der Waals surface area contributed by atoms with Gasteiger partial charge in [-0.15, -0.1) is 0 Å². The molecule has 0 aliphatic carbocycles. The maximum absolute atomic E-state index is 10.9. The molecule has 0 N–H and O–H groups in total. The molecule has 0 atom stereocenters. The van der Waals surface area contributed by atoms with Crippen molar-refractivity contribution in [2.75, 3.05) is 18.0 Å². The third-order valence-electron chi connectivity index (χ3n) is 2.66. The van der Waals surface area contributed by atoms with Gasteiger partial charge in [-0.05, 0) is 18.9 Å². The molecule has 1 fully saturated rings. The molecular weight excluding hydrogens is 251 g/mol. The SMILES string of the molecule is O=[N+]([O-])c1cc(Cl)c(Cl)cc1N1CCCC1. The Morgan fingerprint density at radius 2 is 1.75 bits per heavy atom. The van der Waals surface area contributed by atoms with Crippen LogP contribution in [0.3, 0.4) is 0 Å². The van der Waals surface area contributed by atoms with Crippen molar-refractivity contribution in [2.45, 2.75) is 12.8 Å². The molecule has 0 amide bonds. The Hall–Kier alpha value is -1.00. The Labute approximate surface area is 103 Å². The van der Waals surface area contributed by atoms with E-state index < -0.39 is 4.92 Å². The molecule has 1 aliphatic heterocycles. The molecule has 4 nitrogen and oxygen atoms in total. The van der Waals surface area contributed by atoms with Crippen molar-refractivity contribution in [3.63, 3.8) is 0 Å². The zero-order valence-electron chi connectivity index (χ0n) is 8.45. The maximum Gasteiger partial charge on any atom is 0.294 e. The molecule has 0 radical (unpaired) electrons. The van der Waals surface area contributed by atoms with Crippen LogP contribution in [-0.2, 0) is 0 Å². The molecule has 1 aromatic carbocycles. The number of halogens is 2. The molecular formula is C10H10Cl2N2O2. The van der Waals surface area contributed by atoms with Crippen molar-refractivity contribution >= 4 is 34.6 Å². The Bertz CT molecular complexity index is 431. The summed E-state index contributed by atoms with van der Waals surface area (Å²) < 4.78 is 0. The Morgan fingerprint density at radius 3 is 2.31 bits per heavy atom. The second-order valence-corrected chi connectivity index (χ2v) is 4.52. The number of hydrogen-bond donors (Lipinski definition) is 0. The number of nitro benzene ring substituents is 1. The Kier molecular flexibility index (Phi) is 3.21. The number of rotatable bonds is 2. The summed E-state index contributed by atoms with van der Waals surface area (Å²) >= 11 is 11.7. The average Bonchev–Trinajstić information content (AvgIpc) is 2.74. The first-order chi connectivity index (χ1) is 7.59. The molecule has 1 aromatic rings. The van der Waals surface area contributed by atoms with Gasteiger partial charge in [-0.2, -0.15) is 0 Å². The Balaban J connectivity index is 2.48. The van der Waals surface area contributed by atoms with Crippen molar-refractivity contribution < 1.29 is 4.92 Å². The van der Waals surface area contributed by atoms with Crippen molar-refractivity contribution in [3.8, 4) is 0 Å². The number of anilines is 1. The summed E-state index contributed by atoms with van der Waals surface area (Å²) in [7, 11) is 0. The minimum atomic E-state index is -0.421. The number of nitro groups is 1. The van der Waals surface area contributed by atoms with Crippen LogP contribution in [0.5, 0.6) is 0 Å². The predicted molar refractivity (Wildman–Crippen MR) is 64.6 cm³/mol. The molecule has 86 valence electrons. The van der Waals surface area contributed by atoms with E-state index in [4.69, 9.17) is 23.2 Å². The van der Waals surface area contributed by atoms with Crippen LogP contribution in [0.15, 0.2) is 12.1 Å². The number of hydrogen-bond acceptors (Lipinski definition) is 3. The smallest absolute Gasteiger partial charge is 0.294 e. The first-order valence-corrected chi connectivity index (χ1v) is 5.73. The van der Waals surface area contributed by atoms with E-state index in [2.05, 4.69) is 0 Å². The zero-order valence-corrected chi connectivity index (χ0v) is 9.96. The molecule has 0 unspecified atom stereocenters. The van der Waals surface area contributed by atoms with Gasteiger partial charge in [-0.3, -0.25) is 10.1 Å². The van der Waals surface area contributed by atoms with E-state index in [0.29, 0.717) is 10.7 Å². The van der Waals surface area contributed by atoms with Gasteiger partial charge in [0, 0.05) is 19.2 Å². The van der Waals surface area contributed by atoms with Gasteiger partial charge in [0.25, 0.3) is 5.69 Å². The molecule has 6 heteroatoms. The second kappa shape index (κ2) is 4.47. The summed E-state index contributed by atoms with van der Waals surface area (Å²) in [4.78, 5) is 12.5. The van der Waals surface area contributed by atoms with E-state index in [1.54, 1.807) is 6.07 Å². The first kappa shape index (κ1) is 11.5. The van der Waals surface area contributed by atoms with Crippen LogP contribution in [0.4, 0.5) is 11.4 Å². The van der Waals surface area contributed by atoms with Crippen molar-refractivity contribution in [3.05, 3.63) is 32.3 Å². The highest BCUT2D eigenvalue weighted by Gasteiger charge is 2.23. The van der Waals surface area contributed by atoms with Gasteiger partial charge >= 0.3 is 0 Å². The van der Waals surface area contributed by atoms with Gasteiger partial charge in [-0.1, -0.05) is 23.2 Å². The molecule has 1 saturated heterocycles. The predicted octanol–water partition coefficient (Wildman–Crippen LogP) is 3.50. The lowest BCUT2D eigenvalue weighted by molar-refractivity contribution is -0.384. The summed E-state index contributed by atoms with van der Waals surface area (Å²) in [5, 5.41) is 11.5. The van der Waals surface area contributed by atoms with E-state index in [-0.39, 0.29) is 10.7 Å². The van der Waals surface area contributed by atoms with Gasteiger partial charge < -0.3 is 4.90 Å². The minimum absolute atomic E-state index is 0.0244. The molecule has 0 spiro atoms. The summed E-state index contributed by atoms with van der Waals surface area (Å²) in [6, 6.07) is 2.89. The fourth-order valence-corrected chi connectivity index (χ4v) is 2.20. The van der Waals surface area contributed by atoms with Crippen LogP contribution in [0.1, 0.15) is 12.8 Å². The minimum Gasteiger partial charge on any atom is -0.366 e. The fraction of sp³-hybridized carbons (Fsp3) is 0.400. The third kappa shape index (κ3) is 2.08. The van der Waals surface area contributed by atoms with Gasteiger partial charge in [0.15, 0.2) is 0 Å². The van der Waals surface area contributed by atoms with Crippen LogP contribution >= 0.6 is 23.2 Å². The Morgan fingerprint density at radius 1 is 1.19 bits per heavy atom. The van der Waals surface area contributed by atoms with Crippen LogP contribution in [0.2, 0.25) is 10.0 Å². The van der Waals surface area contributed by atoms with Crippen LogP contribution in [0, 0.1) is 10.1 Å². The highest BCUT2D eigenvalue weighted by Crippen LogP contribution is 2.37. The average molecular weight is 261 g/mol. The topological polar surface area (TPSA) is 46.4 Å². The monoisotopic (exact) mass is 260 g/mol. The van der Waals surface area contributed by atoms with E-state index in [1.165, 1.54) is 6.07 Å². The van der Waals surface area contributed by atoms with Crippen molar-refractivity contribution in [1.29, 1.82) is 0 Å². The number of nitrogens with zero attached hydrogens (tertiary/aromatic N) is 2. The standard InChI is InChI=1S/C10H10Cl2N2O2/c11-7-5-9(13-3-1-2-4-13)10(14(15)16)6-8(7)12/h5-6H,1-4H2. The molecule has 2 rings (SSSR count). The van der Waals surface area contributed by atoms with Gasteiger partial charge in [0.05, 0.1) is 15.0 Å². The summed E-state index contributed by atoms with van der Waals surface area (Å²) in [5.74, 6) is 0. The fourth-order valence-electron chi connectivity index (χ4n) is 1.88. The summed E-state index contributed by atoms with van der Waals surface area (Å²) in [6.07, 6.45) is 2.11. The second-order valence-electron chi connectivity index (χ2n) is 3.71. The van der Waals surface area contributed by atoms with Gasteiger partial charge in [0.2, 0.25) is 0 Å². The van der Waals surface area contributed by atoms with Crippen molar-refractivity contribution in [2.24, 2.45) is 0 Å². The van der Waals surface area contributed by atoms with E-state index >= 15 is 0 Å². The molecule has 1 aliphatic rings. The molecule has 0 saturated carbocycles. The van der Waals surface area contributed by atoms with Crippen LogP contribution in [-0.4, -0.2) is 18.0 Å². The van der Waals surface area contributed by atoms with Crippen molar-refractivity contribution in [1.82, 2.24) is 0 Å². The quantitative estimate of drug-likeness (QED) is 0.604. The third-order valence-corrected chi connectivity index (χ3v) is 3.38. The lowest BCUT2D eigenvalue weighted by atomic mass is 10.2. The highest BCUT2D eigenvalue weighted by atomic mass is 35.5. The maximum atomic E-state index is 10.9. The number of benzene rings is 1.